The first-order valence-corrected chi connectivity index (χ1v) is 7.91. The van der Waals surface area contributed by atoms with Gasteiger partial charge >= 0.3 is 0 Å². The number of hydrogen-bond donors (Lipinski definition) is 1. The quantitative estimate of drug-likeness (QED) is 0.914. The molecule has 102 valence electrons. The van der Waals surface area contributed by atoms with Crippen molar-refractivity contribution >= 4 is 23.3 Å². The second-order valence-corrected chi connectivity index (χ2v) is 6.39. The van der Waals surface area contributed by atoms with Crippen LogP contribution >= 0.6 is 11.3 Å². The summed E-state index contributed by atoms with van der Waals surface area (Å²) < 4.78 is 0. The normalized spacial score (nSPS) is 29.8. The summed E-state index contributed by atoms with van der Waals surface area (Å²) in [6, 6.07) is 4.12. The monoisotopic (exact) mass is 276 g/mol. The highest BCUT2D eigenvalue weighted by molar-refractivity contribution is 7.10. The number of amides is 1. The highest BCUT2D eigenvalue weighted by atomic mass is 32.1. The third-order valence-electron chi connectivity index (χ3n) is 4.21. The number of fused-ring (bicyclic) bond motifs is 3. The maximum Gasteiger partial charge on any atom is 0.224 e. The molecule has 0 aromatic carbocycles. The van der Waals surface area contributed by atoms with Gasteiger partial charge in [-0.3, -0.25) is 4.79 Å². The summed E-state index contributed by atoms with van der Waals surface area (Å²) in [5, 5.41) is 5.11. The van der Waals surface area contributed by atoms with Gasteiger partial charge in [0.25, 0.3) is 0 Å². The van der Waals surface area contributed by atoms with E-state index in [1.165, 1.54) is 30.8 Å². The third-order valence-corrected chi connectivity index (χ3v) is 5.05. The number of carbonyl (C=O) groups excluding carboxylic acids is 1. The first-order chi connectivity index (χ1) is 9.33. The highest BCUT2D eigenvalue weighted by Crippen LogP contribution is 2.32. The molecule has 1 aromatic rings. The van der Waals surface area contributed by atoms with Gasteiger partial charge in [0.2, 0.25) is 5.91 Å². The molecular weight excluding hydrogens is 256 g/mol. The Morgan fingerprint density at radius 3 is 2.95 bits per heavy atom. The lowest BCUT2D eigenvalue weighted by Crippen LogP contribution is -2.52. The minimum Gasteiger partial charge on any atom is -0.352 e. The van der Waals surface area contributed by atoms with Crippen molar-refractivity contribution in [2.75, 3.05) is 26.2 Å². The molecule has 1 unspecified atom stereocenters. The van der Waals surface area contributed by atoms with E-state index in [2.05, 4.69) is 27.7 Å². The number of thiophene rings is 1. The van der Waals surface area contributed by atoms with Crippen molar-refractivity contribution in [2.24, 2.45) is 11.8 Å². The predicted octanol–water partition coefficient (Wildman–Crippen LogP) is 2.22. The van der Waals surface area contributed by atoms with Crippen LogP contribution in [0, 0.1) is 11.8 Å². The molecule has 0 aliphatic carbocycles. The zero-order chi connectivity index (χ0) is 13.1. The molecular formula is C15H20N2OS. The van der Waals surface area contributed by atoms with Gasteiger partial charge < -0.3 is 10.2 Å². The highest BCUT2D eigenvalue weighted by Gasteiger charge is 2.37. The Balaban J connectivity index is 1.46. The van der Waals surface area contributed by atoms with E-state index in [0.29, 0.717) is 12.5 Å². The van der Waals surface area contributed by atoms with Crippen LogP contribution in [-0.2, 0) is 4.79 Å². The number of carbonyl (C=O) groups is 1. The first kappa shape index (κ1) is 12.9. The van der Waals surface area contributed by atoms with Crippen molar-refractivity contribution in [1.82, 2.24) is 10.2 Å². The van der Waals surface area contributed by atoms with E-state index in [-0.39, 0.29) is 11.8 Å². The van der Waals surface area contributed by atoms with Crippen molar-refractivity contribution in [3.05, 3.63) is 28.5 Å². The Labute approximate surface area is 118 Å². The van der Waals surface area contributed by atoms with Crippen molar-refractivity contribution in [1.29, 1.82) is 0 Å². The van der Waals surface area contributed by atoms with Gasteiger partial charge in [-0.15, -0.1) is 11.3 Å². The lowest BCUT2D eigenvalue weighted by atomic mass is 9.78. The van der Waals surface area contributed by atoms with Crippen LogP contribution in [0.2, 0.25) is 0 Å². The molecule has 1 atom stereocenters. The summed E-state index contributed by atoms with van der Waals surface area (Å²) in [7, 11) is 0. The van der Waals surface area contributed by atoms with Crippen LogP contribution in [0.25, 0.3) is 6.08 Å². The number of hydrogen-bond acceptors (Lipinski definition) is 3. The minimum absolute atomic E-state index is 0.220. The minimum atomic E-state index is 0.220. The predicted molar refractivity (Wildman–Crippen MR) is 79.0 cm³/mol. The molecule has 4 heteroatoms. The molecule has 1 amide bonds. The Bertz CT molecular complexity index is 447. The Morgan fingerprint density at radius 1 is 1.47 bits per heavy atom. The molecule has 2 bridgehead atoms. The van der Waals surface area contributed by atoms with Crippen LogP contribution in [0.4, 0.5) is 0 Å². The molecule has 3 saturated heterocycles. The first-order valence-electron chi connectivity index (χ1n) is 7.03. The Hall–Kier alpha value is -1.13. The van der Waals surface area contributed by atoms with Crippen molar-refractivity contribution in [3.63, 3.8) is 0 Å². The van der Waals surface area contributed by atoms with E-state index in [1.807, 2.05) is 12.1 Å². The standard InChI is InChI=1S/C15H20N2OS/c18-15(14-11-17-8-5-12(14)6-9-17)16-7-1-3-13-4-2-10-19-13/h1-4,10,12,14H,5-9,11H2,(H,16,18)/b3-1+. The van der Waals surface area contributed by atoms with E-state index in [1.54, 1.807) is 11.3 Å². The van der Waals surface area contributed by atoms with E-state index in [4.69, 9.17) is 0 Å². The van der Waals surface area contributed by atoms with Gasteiger partial charge in [-0.05, 0) is 49.4 Å². The molecule has 3 aliphatic heterocycles. The average Bonchev–Trinajstić information content (AvgIpc) is 2.98. The van der Waals surface area contributed by atoms with Gasteiger partial charge in [0.15, 0.2) is 0 Å². The number of rotatable bonds is 4. The lowest BCUT2D eigenvalue weighted by molar-refractivity contribution is -0.130. The molecule has 19 heavy (non-hydrogen) atoms. The molecule has 3 nitrogen and oxygen atoms in total. The molecule has 1 N–H and O–H groups in total. The second-order valence-electron chi connectivity index (χ2n) is 5.41. The van der Waals surface area contributed by atoms with Crippen molar-refractivity contribution in [3.8, 4) is 0 Å². The van der Waals surface area contributed by atoms with Gasteiger partial charge in [0, 0.05) is 18.0 Å². The van der Waals surface area contributed by atoms with Crippen LogP contribution in [-0.4, -0.2) is 37.0 Å². The van der Waals surface area contributed by atoms with Crippen LogP contribution in [0.15, 0.2) is 23.6 Å². The maximum atomic E-state index is 12.2. The van der Waals surface area contributed by atoms with Gasteiger partial charge in [-0.2, -0.15) is 0 Å². The average molecular weight is 276 g/mol. The summed E-state index contributed by atoms with van der Waals surface area (Å²) >= 11 is 1.71. The van der Waals surface area contributed by atoms with Crippen LogP contribution in [0.3, 0.4) is 0 Å². The number of nitrogens with one attached hydrogen (secondary N) is 1. The fourth-order valence-corrected chi connectivity index (χ4v) is 3.76. The molecule has 0 saturated carbocycles. The van der Waals surface area contributed by atoms with Crippen LogP contribution in [0.1, 0.15) is 17.7 Å². The van der Waals surface area contributed by atoms with E-state index < -0.39 is 0 Å². The fourth-order valence-electron chi connectivity index (χ4n) is 3.11. The zero-order valence-electron chi connectivity index (χ0n) is 11.0. The fraction of sp³-hybridized carbons (Fsp3) is 0.533. The Morgan fingerprint density at radius 2 is 2.32 bits per heavy atom. The summed E-state index contributed by atoms with van der Waals surface area (Å²) in [5.74, 6) is 1.08. The molecule has 3 aliphatic rings. The van der Waals surface area contributed by atoms with Crippen molar-refractivity contribution < 1.29 is 4.79 Å². The number of piperidine rings is 3. The van der Waals surface area contributed by atoms with E-state index in [9.17, 15) is 4.79 Å². The summed E-state index contributed by atoms with van der Waals surface area (Å²) in [6.07, 6.45) is 6.50. The smallest absolute Gasteiger partial charge is 0.224 e. The SMILES string of the molecule is O=C(NC/C=C/c1cccs1)C1CN2CCC1CC2. The van der Waals surface area contributed by atoms with E-state index >= 15 is 0 Å². The van der Waals surface area contributed by atoms with E-state index in [0.717, 1.165) is 6.54 Å². The topological polar surface area (TPSA) is 32.3 Å². The van der Waals surface area contributed by atoms with Crippen LogP contribution in [0.5, 0.6) is 0 Å². The molecule has 1 aromatic heterocycles. The molecule has 3 fully saturated rings. The summed E-state index contributed by atoms with van der Waals surface area (Å²) in [5.41, 5.74) is 0. The third kappa shape index (κ3) is 3.07. The summed E-state index contributed by atoms with van der Waals surface area (Å²) in [4.78, 5) is 15.8. The molecule has 4 rings (SSSR count). The molecule has 0 spiro atoms. The van der Waals surface area contributed by atoms with Gasteiger partial charge in [-0.25, -0.2) is 0 Å². The van der Waals surface area contributed by atoms with Crippen LogP contribution < -0.4 is 5.32 Å². The van der Waals surface area contributed by atoms with Gasteiger partial charge in [-0.1, -0.05) is 12.1 Å². The lowest BCUT2D eigenvalue weighted by Gasteiger charge is -2.43. The number of nitrogens with zero attached hydrogens (tertiary/aromatic N) is 1. The molecule has 0 radical (unpaired) electrons. The second kappa shape index (κ2) is 5.88. The zero-order valence-corrected chi connectivity index (χ0v) is 11.9. The van der Waals surface area contributed by atoms with Crippen molar-refractivity contribution in [2.45, 2.75) is 12.8 Å². The Kier molecular flexibility index (Phi) is 3.99. The maximum absolute atomic E-state index is 12.2. The summed E-state index contributed by atoms with van der Waals surface area (Å²) in [6.45, 7) is 3.98. The molecule has 4 heterocycles. The largest absolute Gasteiger partial charge is 0.352 e. The van der Waals surface area contributed by atoms with Gasteiger partial charge in [0.1, 0.15) is 0 Å². The van der Waals surface area contributed by atoms with Gasteiger partial charge in [0.05, 0.1) is 5.92 Å².